The van der Waals surface area contributed by atoms with Crippen LogP contribution >= 0.6 is 15.9 Å². The third-order valence-corrected chi connectivity index (χ3v) is 3.41. The molecular formula is C13H13BrF3N3. The average molecular weight is 348 g/mol. The zero-order valence-corrected chi connectivity index (χ0v) is 12.3. The van der Waals surface area contributed by atoms with Gasteiger partial charge in [-0.25, -0.2) is 4.98 Å². The Hall–Kier alpha value is -1.34. The van der Waals surface area contributed by atoms with E-state index in [0.717, 1.165) is 11.8 Å². The number of alkyl halides is 3. The van der Waals surface area contributed by atoms with Gasteiger partial charge in [-0.05, 0) is 17.7 Å². The summed E-state index contributed by atoms with van der Waals surface area (Å²) in [4.78, 5) is 3.95. The normalized spacial score (nSPS) is 11.8. The zero-order chi connectivity index (χ0) is 14.8. The molecule has 1 N–H and O–H groups in total. The highest BCUT2D eigenvalue weighted by Crippen LogP contribution is 2.33. The summed E-state index contributed by atoms with van der Waals surface area (Å²) in [5.74, 6) is 0. The molecule has 0 aliphatic heterocycles. The van der Waals surface area contributed by atoms with Crippen LogP contribution in [0.15, 0.2) is 35.2 Å². The van der Waals surface area contributed by atoms with Gasteiger partial charge in [-0.2, -0.15) is 13.2 Å². The highest BCUT2D eigenvalue weighted by atomic mass is 79.9. The Labute approximate surface area is 123 Å². The molecule has 0 fully saturated rings. The van der Waals surface area contributed by atoms with E-state index in [-0.39, 0.29) is 12.1 Å². The number of hydrogen-bond donors (Lipinski definition) is 1. The number of halogens is 4. The van der Waals surface area contributed by atoms with Crippen LogP contribution in [0.5, 0.6) is 0 Å². The molecule has 0 atom stereocenters. The lowest BCUT2D eigenvalue weighted by Gasteiger charge is -2.14. The van der Waals surface area contributed by atoms with Gasteiger partial charge in [0.1, 0.15) is 0 Å². The van der Waals surface area contributed by atoms with Crippen LogP contribution < -0.4 is 5.32 Å². The molecule has 2 rings (SSSR count). The molecule has 1 heterocycles. The lowest BCUT2D eigenvalue weighted by atomic mass is 10.1. The summed E-state index contributed by atoms with van der Waals surface area (Å²) in [7, 11) is 1.84. The molecule has 20 heavy (non-hydrogen) atoms. The fourth-order valence-electron chi connectivity index (χ4n) is 1.85. The quantitative estimate of drug-likeness (QED) is 0.917. The molecule has 108 valence electrons. The maximum Gasteiger partial charge on any atom is 0.416 e. The highest BCUT2D eigenvalue weighted by molar-refractivity contribution is 9.10. The van der Waals surface area contributed by atoms with Gasteiger partial charge in [0.2, 0.25) is 0 Å². The SMILES string of the molecule is Cn1cncc1CNCc1ccc(Br)cc1C(F)(F)F. The van der Waals surface area contributed by atoms with E-state index in [9.17, 15) is 13.2 Å². The molecule has 2 aromatic rings. The van der Waals surface area contributed by atoms with Crippen molar-refractivity contribution < 1.29 is 13.2 Å². The first kappa shape index (κ1) is 15.1. The van der Waals surface area contributed by atoms with Crippen molar-refractivity contribution in [3.63, 3.8) is 0 Å². The average Bonchev–Trinajstić information content (AvgIpc) is 2.76. The molecule has 0 amide bonds. The second-order valence-electron chi connectivity index (χ2n) is 4.40. The van der Waals surface area contributed by atoms with Crippen molar-refractivity contribution in [2.75, 3.05) is 0 Å². The number of rotatable bonds is 4. The molecule has 0 saturated carbocycles. The van der Waals surface area contributed by atoms with Crippen molar-refractivity contribution in [3.8, 4) is 0 Å². The Morgan fingerprint density at radius 2 is 2.05 bits per heavy atom. The molecule has 7 heteroatoms. The van der Waals surface area contributed by atoms with E-state index < -0.39 is 11.7 Å². The largest absolute Gasteiger partial charge is 0.416 e. The monoisotopic (exact) mass is 347 g/mol. The van der Waals surface area contributed by atoms with E-state index >= 15 is 0 Å². The molecule has 1 aromatic carbocycles. The van der Waals surface area contributed by atoms with E-state index in [1.54, 1.807) is 18.6 Å². The van der Waals surface area contributed by atoms with Gasteiger partial charge < -0.3 is 9.88 Å². The van der Waals surface area contributed by atoms with Gasteiger partial charge >= 0.3 is 6.18 Å². The van der Waals surface area contributed by atoms with Crippen molar-refractivity contribution in [1.29, 1.82) is 0 Å². The minimum atomic E-state index is -4.35. The van der Waals surface area contributed by atoms with Gasteiger partial charge in [-0.1, -0.05) is 22.0 Å². The molecule has 0 radical (unpaired) electrons. The molecule has 0 saturated heterocycles. The maximum absolute atomic E-state index is 12.9. The minimum Gasteiger partial charge on any atom is -0.337 e. The van der Waals surface area contributed by atoms with Crippen molar-refractivity contribution >= 4 is 15.9 Å². The van der Waals surface area contributed by atoms with Crippen LogP contribution in [0.2, 0.25) is 0 Å². The van der Waals surface area contributed by atoms with Crippen molar-refractivity contribution in [1.82, 2.24) is 14.9 Å². The summed E-state index contributed by atoms with van der Waals surface area (Å²) in [5, 5.41) is 3.00. The van der Waals surface area contributed by atoms with E-state index in [4.69, 9.17) is 0 Å². The molecule has 0 aliphatic carbocycles. The number of hydrogen-bond acceptors (Lipinski definition) is 2. The summed E-state index contributed by atoms with van der Waals surface area (Å²) >= 11 is 3.07. The van der Waals surface area contributed by atoms with Crippen molar-refractivity contribution in [2.45, 2.75) is 19.3 Å². The predicted molar refractivity (Wildman–Crippen MR) is 72.9 cm³/mol. The van der Waals surface area contributed by atoms with Crippen LogP contribution in [-0.2, 0) is 26.3 Å². The van der Waals surface area contributed by atoms with Crippen LogP contribution in [0.3, 0.4) is 0 Å². The lowest BCUT2D eigenvalue weighted by Crippen LogP contribution is -2.18. The van der Waals surface area contributed by atoms with Crippen molar-refractivity contribution in [3.05, 3.63) is 52.0 Å². The Balaban J connectivity index is 2.08. The second-order valence-corrected chi connectivity index (χ2v) is 5.31. The fraction of sp³-hybridized carbons (Fsp3) is 0.308. The molecule has 0 bridgehead atoms. The summed E-state index contributed by atoms with van der Waals surface area (Å²) in [6.45, 7) is 0.608. The summed E-state index contributed by atoms with van der Waals surface area (Å²) in [5.41, 5.74) is 0.517. The second kappa shape index (κ2) is 5.97. The molecule has 0 aliphatic rings. The van der Waals surface area contributed by atoms with Crippen LogP contribution in [0.25, 0.3) is 0 Å². The molecular weight excluding hydrogens is 335 g/mol. The molecule has 0 unspecified atom stereocenters. The van der Waals surface area contributed by atoms with Crippen LogP contribution in [0.4, 0.5) is 13.2 Å². The first-order valence-corrected chi connectivity index (χ1v) is 6.69. The molecule has 1 aromatic heterocycles. The third kappa shape index (κ3) is 3.61. The highest BCUT2D eigenvalue weighted by Gasteiger charge is 2.33. The van der Waals surface area contributed by atoms with E-state index in [2.05, 4.69) is 26.2 Å². The van der Waals surface area contributed by atoms with Crippen LogP contribution in [0.1, 0.15) is 16.8 Å². The first-order valence-electron chi connectivity index (χ1n) is 5.89. The Morgan fingerprint density at radius 3 is 2.65 bits per heavy atom. The van der Waals surface area contributed by atoms with Gasteiger partial charge in [-0.15, -0.1) is 0 Å². The summed E-state index contributed by atoms with van der Waals surface area (Å²) in [6, 6.07) is 4.18. The van der Waals surface area contributed by atoms with Gasteiger partial charge in [0.15, 0.2) is 0 Å². The smallest absolute Gasteiger partial charge is 0.337 e. The molecule has 3 nitrogen and oxygen atoms in total. The standard InChI is InChI=1S/C13H13BrF3N3/c1-20-8-19-7-11(20)6-18-5-9-2-3-10(14)4-12(9)13(15,16)17/h2-4,7-8,18H,5-6H2,1H3. The Bertz CT molecular complexity index is 593. The van der Waals surface area contributed by atoms with E-state index in [0.29, 0.717) is 11.0 Å². The third-order valence-electron chi connectivity index (χ3n) is 2.92. The summed E-state index contributed by atoms with van der Waals surface area (Å²) < 4.78 is 41.0. The first-order chi connectivity index (χ1) is 9.38. The van der Waals surface area contributed by atoms with Gasteiger partial charge in [0, 0.05) is 30.8 Å². The van der Waals surface area contributed by atoms with Gasteiger partial charge in [0.25, 0.3) is 0 Å². The number of nitrogens with zero attached hydrogens (tertiary/aromatic N) is 2. The number of benzene rings is 1. The minimum absolute atomic E-state index is 0.146. The van der Waals surface area contributed by atoms with Crippen molar-refractivity contribution in [2.24, 2.45) is 7.05 Å². The van der Waals surface area contributed by atoms with Crippen LogP contribution in [-0.4, -0.2) is 9.55 Å². The Morgan fingerprint density at radius 1 is 1.30 bits per heavy atom. The number of imidazole rings is 1. The van der Waals surface area contributed by atoms with E-state index in [1.807, 2.05) is 11.6 Å². The molecule has 0 spiro atoms. The van der Waals surface area contributed by atoms with E-state index in [1.165, 1.54) is 6.07 Å². The lowest BCUT2D eigenvalue weighted by molar-refractivity contribution is -0.138. The van der Waals surface area contributed by atoms with Gasteiger partial charge in [0.05, 0.1) is 17.6 Å². The fourth-order valence-corrected chi connectivity index (χ4v) is 2.21. The van der Waals surface area contributed by atoms with Gasteiger partial charge in [-0.3, -0.25) is 0 Å². The summed E-state index contributed by atoms with van der Waals surface area (Å²) in [6.07, 6.45) is -1.02. The number of nitrogens with one attached hydrogen (secondary N) is 1. The van der Waals surface area contributed by atoms with Crippen LogP contribution in [0, 0.1) is 0 Å². The Kier molecular flexibility index (Phi) is 4.49. The number of aryl methyl sites for hydroxylation is 1. The predicted octanol–water partition coefficient (Wildman–Crippen LogP) is 3.49. The topological polar surface area (TPSA) is 29.9 Å². The maximum atomic E-state index is 12.9. The zero-order valence-electron chi connectivity index (χ0n) is 10.7. The number of aromatic nitrogens is 2.